The lowest BCUT2D eigenvalue weighted by molar-refractivity contribution is -0.172. The van der Waals surface area contributed by atoms with Gasteiger partial charge < -0.3 is 5.32 Å². The van der Waals surface area contributed by atoms with E-state index in [1.165, 1.54) is 6.08 Å². The maximum atomic E-state index is 13.2. The van der Waals surface area contributed by atoms with Crippen molar-refractivity contribution in [1.29, 1.82) is 0 Å². The first kappa shape index (κ1) is 16.0. The molecule has 0 radical (unpaired) electrons. The Bertz CT molecular complexity index is 349. The number of hydrogen-bond donors (Lipinski definition) is 1. The Morgan fingerprint density at radius 3 is 2.58 bits per heavy atom. The molecular weight excluding hydrogens is 260 g/mol. The molecule has 0 bridgehead atoms. The van der Waals surface area contributed by atoms with E-state index in [0.717, 1.165) is 18.6 Å². The SMILES string of the molecule is CCC(C)N(C)CNC1=CC(C(F)(F)F)C(F)C=C1. The maximum Gasteiger partial charge on any atom is 0.398 e. The van der Waals surface area contributed by atoms with Crippen molar-refractivity contribution >= 4 is 0 Å². The lowest BCUT2D eigenvalue weighted by Crippen LogP contribution is -2.38. The van der Waals surface area contributed by atoms with Crippen LogP contribution in [0.2, 0.25) is 0 Å². The van der Waals surface area contributed by atoms with Crippen molar-refractivity contribution in [1.82, 2.24) is 10.2 Å². The van der Waals surface area contributed by atoms with Gasteiger partial charge in [-0.3, -0.25) is 4.90 Å². The molecule has 0 aromatic heterocycles. The molecule has 3 atom stereocenters. The molecule has 2 nitrogen and oxygen atoms in total. The van der Waals surface area contributed by atoms with E-state index in [9.17, 15) is 17.6 Å². The second kappa shape index (κ2) is 6.41. The van der Waals surface area contributed by atoms with Gasteiger partial charge in [-0.05, 0) is 38.6 Å². The number of nitrogens with one attached hydrogen (secondary N) is 1. The molecule has 3 unspecified atom stereocenters. The number of hydrogen-bond acceptors (Lipinski definition) is 2. The molecule has 0 saturated carbocycles. The molecule has 0 spiro atoms. The third kappa shape index (κ3) is 4.53. The Balaban J connectivity index is 2.62. The summed E-state index contributed by atoms with van der Waals surface area (Å²) in [4.78, 5) is 1.98. The van der Waals surface area contributed by atoms with E-state index in [0.29, 0.717) is 18.4 Å². The number of rotatable bonds is 5. The minimum absolute atomic E-state index is 0.311. The monoisotopic (exact) mass is 280 g/mol. The summed E-state index contributed by atoms with van der Waals surface area (Å²) in [5, 5.41) is 2.89. The fraction of sp³-hybridized carbons (Fsp3) is 0.692. The van der Waals surface area contributed by atoms with Crippen molar-refractivity contribution in [3.8, 4) is 0 Å². The van der Waals surface area contributed by atoms with Gasteiger partial charge in [-0.2, -0.15) is 13.2 Å². The first-order valence-electron chi connectivity index (χ1n) is 6.30. The summed E-state index contributed by atoms with van der Waals surface area (Å²) in [5.74, 6) is -2.06. The molecule has 0 aliphatic heterocycles. The normalized spacial score (nSPS) is 25.4. The second-order valence-electron chi connectivity index (χ2n) is 4.84. The van der Waals surface area contributed by atoms with Crippen molar-refractivity contribution in [3.63, 3.8) is 0 Å². The van der Waals surface area contributed by atoms with Crippen molar-refractivity contribution in [2.75, 3.05) is 13.7 Å². The number of allylic oxidation sites excluding steroid dienone is 3. The molecule has 0 amide bonds. The van der Waals surface area contributed by atoms with Crippen LogP contribution in [-0.2, 0) is 0 Å². The van der Waals surface area contributed by atoms with Gasteiger partial charge in [-0.1, -0.05) is 6.92 Å². The lowest BCUT2D eigenvalue weighted by atomic mass is 9.97. The molecule has 110 valence electrons. The highest BCUT2D eigenvalue weighted by atomic mass is 19.4. The Hall–Kier alpha value is -1.04. The van der Waals surface area contributed by atoms with Gasteiger partial charge in [0.15, 0.2) is 0 Å². The van der Waals surface area contributed by atoms with E-state index < -0.39 is 18.3 Å². The Kier molecular flexibility index (Phi) is 5.40. The lowest BCUT2D eigenvalue weighted by Gasteiger charge is -2.27. The van der Waals surface area contributed by atoms with Crippen LogP contribution in [0.4, 0.5) is 17.6 Å². The van der Waals surface area contributed by atoms with Crippen molar-refractivity contribution in [2.45, 2.75) is 38.7 Å². The standard InChI is InChI=1S/C13H20F4N2/c1-4-9(2)19(3)8-18-10-5-6-12(14)11(7-10)13(15,16)17/h5-7,9,11-12,18H,4,8H2,1-3H3. The molecule has 0 fully saturated rings. The Morgan fingerprint density at radius 2 is 2.05 bits per heavy atom. The number of alkyl halides is 4. The average molecular weight is 280 g/mol. The van der Waals surface area contributed by atoms with E-state index in [-0.39, 0.29) is 0 Å². The third-order valence-electron chi connectivity index (χ3n) is 3.42. The van der Waals surface area contributed by atoms with Crippen molar-refractivity contribution in [3.05, 3.63) is 23.9 Å². The van der Waals surface area contributed by atoms with Gasteiger partial charge in [0.2, 0.25) is 0 Å². The third-order valence-corrected chi connectivity index (χ3v) is 3.42. The molecule has 1 N–H and O–H groups in total. The summed E-state index contributed by atoms with van der Waals surface area (Å²) in [7, 11) is 1.88. The average Bonchev–Trinajstić information content (AvgIpc) is 2.35. The highest BCUT2D eigenvalue weighted by Gasteiger charge is 2.44. The van der Waals surface area contributed by atoms with Crippen LogP contribution in [0.15, 0.2) is 23.9 Å². The van der Waals surface area contributed by atoms with Crippen LogP contribution >= 0.6 is 0 Å². The summed E-state index contributed by atoms with van der Waals surface area (Å²) in [5.41, 5.74) is 0.311. The van der Waals surface area contributed by atoms with Crippen LogP contribution in [-0.4, -0.2) is 37.0 Å². The van der Waals surface area contributed by atoms with Crippen molar-refractivity contribution in [2.24, 2.45) is 5.92 Å². The van der Waals surface area contributed by atoms with Gasteiger partial charge in [-0.15, -0.1) is 0 Å². The summed E-state index contributed by atoms with van der Waals surface area (Å²) in [6.07, 6.45) is -2.39. The molecule has 1 aliphatic rings. The summed E-state index contributed by atoms with van der Waals surface area (Å²) >= 11 is 0. The first-order valence-corrected chi connectivity index (χ1v) is 6.30. The van der Waals surface area contributed by atoms with E-state index >= 15 is 0 Å². The molecule has 6 heteroatoms. The van der Waals surface area contributed by atoms with Crippen LogP contribution < -0.4 is 5.32 Å². The molecule has 0 aromatic carbocycles. The van der Waals surface area contributed by atoms with Gasteiger partial charge in [0.05, 0.1) is 6.67 Å². The fourth-order valence-corrected chi connectivity index (χ4v) is 1.73. The topological polar surface area (TPSA) is 15.3 Å². The van der Waals surface area contributed by atoms with Gasteiger partial charge in [-0.25, -0.2) is 4.39 Å². The molecule has 0 saturated heterocycles. The number of halogens is 4. The number of nitrogens with zero attached hydrogens (tertiary/aromatic N) is 1. The maximum absolute atomic E-state index is 13.2. The highest BCUT2D eigenvalue weighted by molar-refractivity contribution is 5.26. The zero-order valence-electron chi connectivity index (χ0n) is 11.3. The smallest absolute Gasteiger partial charge is 0.373 e. The van der Waals surface area contributed by atoms with Gasteiger partial charge in [0, 0.05) is 11.7 Å². The predicted octanol–water partition coefficient (Wildman–Crippen LogP) is 3.23. The predicted molar refractivity (Wildman–Crippen MR) is 67.2 cm³/mol. The Morgan fingerprint density at radius 1 is 1.42 bits per heavy atom. The van der Waals surface area contributed by atoms with Gasteiger partial charge in [0.1, 0.15) is 12.1 Å². The van der Waals surface area contributed by atoms with Crippen LogP contribution in [0.5, 0.6) is 0 Å². The van der Waals surface area contributed by atoms with Gasteiger partial charge in [0.25, 0.3) is 0 Å². The molecule has 19 heavy (non-hydrogen) atoms. The van der Waals surface area contributed by atoms with E-state index in [1.54, 1.807) is 0 Å². The quantitative estimate of drug-likeness (QED) is 0.614. The van der Waals surface area contributed by atoms with Crippen LogP contribution in [0.1, 0.15) is 20.3 Å². The zero-order valence-corrected chi connectivity index (χ0v) is 11.3. The molecular formula is C13H20F4N2. The van der Waals surface area contributed by atoms with Crippen molar-refractivity contribution < 1.29 is 17.6 Å². The minimum Gasteiger partial charge on any atom is -0.373 e. The van der Waals surface area contributed by atoms with Crippen LogP contribution in [0, 0.1) is 5.92 Å². The van der Waals surface area contributed by atoms with Gasteiger partial charge >= 0.3 is 6.18 Å². The molecule has 1 rings (SSSR count). The highest BCUT2D eigenvalue weighted by Crippen LogP contribution is 2.34. The van der Waals surface area contributed by atoms with E-state index in [4.69, 9.17) is 0 Å². The first-order chi connectivity index (χ1) is 8.75. The second-order valence-corrected chi connectivity index (χ2v) is 4.84. The van der Waals surface area contributed by atoms with E-state index in [1.807, 2.05) is 25.8 Å². The largest absolute Gasteiger partial charge is 0.398 e. The van der Waals surface area contributed by atoms with Crippen LogP contribution in [0.3, 0.4) is 0 Å². The zero-order chi connectivity index (χ0) is 14.6. The van der Waals surface area contributed by atoms with E-state index in [2.05, 4.69) is 5.32 Å². The molecule has 0 aromatic rings. The molecule has 0 heterocycles. The summed E-state index contributed by atoms with van der Waals surface area (Å²) in [6, 6.07) is 0.327. The van der Waals surface area contributed by atoms with Crippen LogP contribution in [0.25, 0.3) is 0 Å². The Labute approximate surface area is 111 Å². The minimum atomic E-state index is -4.56. The summed E-state index contributed by atoms with van der Waals surface area (Å²) in [6.45, 7) is 4.49. The fourth-order valence-electron chi connectivity index (χ4n) is 1.73. The molecule has 1 aliphatic carbocycles. The summed E-state index contributed by atoms with van der Waals surface area (Å²) < 4.78 is 51.0.